The van der Waals surface area contributed by atoms with Crippen LogP contribution in [0.25, 0.3) is 0 Å². The number of hydrogen-bond donors (Lipinski definition) is 0. The van der Waals surface area contributed by atoms with Crippen LogP contribution in [0.15, 0.2) is 41.1 Å². The van der Waals surface area contributed by atoms with Crippen LogP contribution in [0.4, 0.5) is 0 Å². The Balaban J connectivity index is 2.14. The first-order valence-corrected chi connectivity index (χ1v) is 6.95. The third-order valence-corrected chi connectivity index (χ3v) is 4.05. The Kier molecular flexibility index (Phi) is 4.02. The first-order valence-electron chi connectivity index (χ1n) is 5.09. The molecule has 0 aliphatic carbocycles. The maximum absolute atomic E-state index is 5.35. The molecule has 0 amide bonds. The van der Waals surface area contributed by atoms with Crippen molar-refractivity contribution in [2.45, 2.75) is 11.2 Å². The number of hydrogen-bond acceptors (Lipinski definition) is 2. The van der Waals surface area contributed by atoms with E-state index >= 15 is 0 Å². The molecule has 84 valence electrons. The molecule has 1 heterocycles. The van der Waals surface area contributed by atoms with Gasteiger partial charge in [0.05, 0.1) is 7.11 Å². The number of halogens is 1. The molecule has 0 aliphatic rings. The number of para-hydroxylation sites is 1. The summed E-state index contributed by atoms with van der Waals surface area (Å²) in [4.78, 5) is 0.357. The molecule has 16 heavy (non-hydrogen) atoms. The van der Waals surface area contributed by atoms with E-state index in [9.17, 15) is 0 Å². The molecule has 0 saturated carbocycles. The Morgan fingerprint density at radius 1 is 1.31 bits per heavy atom. The van der Waals surface area contributed by atoms with Crippen molar-refractivity contribution in [3.8, 4) is 5.75 Å². The van der Waals surface area contributed by atoms with E-state index in [4.69, 9.17) is 4.74 Å². The van der Waals surface area contributed by atoms with Crippen LogP contribution in [0.1, 0.15) is 16.0 Å². The van der Waals surface area contributed by atoms with Crippen LogP contribution in [0, 0.1) is 0 Å². The second-order valence-electron chi connectivity index (χ2n) is 3.54. The third-order valence-electron chi connectivity index (χ3n) is 2.50. The minimum atomic E-state index is 0.357. The molecular formula is C13H13BrOS. The van der Waals surface area contributed by atoms with Crippen LogP contribution in [-0.4, -0.2) is 7.11 Å². The SMILES string of the molecule is COc1ccccc1CC(Br)c1ccsc1. The van der Waals surface area contributed by atoms with Crippen LogP contribution in [0.5, 0.6) is 5.75 Å². The molecule has 2 aromatic rings. The predicted octanol–water partition coefficient (Wildman–Crippen LogP) is 4.44. The lowest BCUT2D eigenvalue weighted by molar-refractivity contribution is 0.409. The molecule has 0 radical (unpaired) electrons. The van der Waals surface area contributed by atoms with Gasteiger partial charge in [0.2, 0.25) is 0 Å². The van der Waals surface area contributed by atoms with Gasteiger partial charge >= 0.3 is 0 Å². The number of rotatable bonds is 4. The Labute approximate surface area is 108 Å². The number of ether oxygens (including phenoxy) is 1. The summed E-state index contributed by atoms with van der Waals surface area (Å²) in [6.45, 7) is 0. The Bertz CT molecular complexity index is 439. The van der Waals surface area contributed by atoms with Crippen LogP contribution >= 0.6 is 27.3 Å². The van der Waals surface area contributed by atoms with E-state index in [1.54, 1.807) is 18.4 Å². The van der Waals surface area contributed by atoms with Gasteiger partial charge in [-0.05, 0) is 40.4 Å². The monoisotopic (exact) mass is 296 g/mol. The lowest BCUT2D eigenvalue weighted by atomic mass is 10.1. The summed E-state index contributed by atoms with van der Waals surface area (Å²) in [7, 11) is 1.71. The van der Waals surface area contributed by atoms with Gasteiger partial charge in [0.15, 0.2) is 0 Å². The van der Waals surface area contributed by atoms with Gasteiger partial charge in [-0.15, -0.1) is 0 Å². The van der Waals surface area contributed by atoms with E-state index in [-0.39, 0.29) is 0 Å². The van der Waals surface area contributed by atoms with Gasteiger partial charge in [-0.2, -0.15) is 11.3 Å². The van der Waals surface area contributed by atoms with Gasteiger partial charge in [-0.1, -0.05) is 34.1 Å². The maximum Gasteiger partial charge on any atom is 0.122 e. The number of thiophene rings is 1. The van der Waals surface area contributed by atoms with Crippen molar-refractivity contribution in [2.75, 3.05) is 7.11 Å². The molecule has 0 fully saturated rings. The second-order valence-corrected chi connectivity index (χ2v) is 5.43. The smallest absolute Gasteiger partial charge is 0.122 e. The highest BCUT2D eigenvalue weighted by molar-refractivity contribution is 9.09. The van der Waals surface area contributed by atoms with Gasteiger partial charge < -0.3 is 4.74 Å². The van der Waals surface area contributed by atoms with Gasteiger partial charge in [-0.3, -0.25) is 0 Å². The topological polar surface area (TPSA) is 9.23 Å². The minimum absolute atomic E-state index is 0.357. The van der Waals surface area contributed by atoms with Gasteiger partial charge in [0.1, 0.15) is 5.75 Å². The van der Waals surface area contributed by atoms with Crippen molar-refractivity contribution in [1.82, 2.24) is 0 Å². The second kappa shape index (κ2) is 5.51. The summed E-state index contributed by atoms with van der Waals surface area (Å²) >= 11 is 5.44. The van der Waals surface area contributed by atoms with E-state index < -0.39 is 0 Å². The highest BCUT2D eigenvalue weighted by atomic mass is 79.9. The lowest BCUT2D eigenvalue weighted by Crippen LogP contribution is -1.97. The third kappa shape index (κ3) is 2.66. The summed E-state index contributed by atoms with van der Waals surface area (Å²) < 4.78 is 5.35. The number of benzene rings is 1. The first kappa shape index (κ1) is 11.7. The predicted molar refractivity (Wildman–Crippen MR) is 72.7 cm³/mol. The van der Waals surface area contributed by atoms with Crippen molar-refractivity contribution in [2.24, 2.45) is 0 Å². The molecule has 1 aromatic carbocycles. The van der Waals surface area contributed by atoms with Crippen molar-refractivity contribution in [3.05, 3.63) is 52.2 Å². The largest absolute Gasteiger partial charge is 0.496 e. The molecule has 0 N–H and O–H groups in total. The standard InChI is InChI=1S/C13H13BrOS/c1-15-13-5-3-2-4-10(13)8-12(14)11-6-7-16-9-11/h2-7,9,12H,8H2,1H3. The van der Waals surface area contributed by atoms with Gasteiger partial charge in [0.25, 0.3) is 0 Å². The van der Waals surface area contributed by atoms with Crippen molar-refractivity contribution in [1.29, 1.82) is 0 Å². The molecule has 2 rings (SSSR count). The zero-order valence-corrected chi connectivity index (χ0v) is 11.4. The zero-order chi connectivity index (χ0) is 11.4. The average Bonchev–Trinajstić information content (AvgIpc) is 2.83. The zero-order valence-electron chi connectivity index (χ0n) is 9.02. The molecule has 1 nitrogen and oxygen atoms in total. The van der Waals surface area contributed by atoms with Crippen LogP contribution < -0.4 is 4.74 Å². The fourth-order valence-electron chi connectivity index (χ4n) is 1.64. The molecule has 1 unspecified atom stereocenters. The van der Waals surface area contributed by atoms with Crippen LogP contribution in [0.2, 0.25) is 0 Å². The van der Waals surface area contributed by atoms with E-state index in [1.807, 2.05) is 18.2 Å². The Hall–Kier alpha value is -0.800. The number of alkyl halides is 1. The highest BCUT2D eigenvalue weighted by Crippen LogP contribution is 2.31. The summed E-state index contributed by atoms with van der Waals surface area (Å²) in [6, 6.07) is 10.3. The first-order chi connectivity index (χ1) is 7.81. The summed E-state index contributed by atoms with van der Waals surface area (Å²) in [6.07, 6.45) is 0.945. The van der Waals surface area contributed by atoms with Crippen molar-refractivity contribution in [3.63, 3.8) is 0 Å². The molecule has 0 aliphatic heterocycles. The Morgan fingerprint density at radius 3 is 2.81 bits per heavy atom. The molecular weight excluding hydrogens is 284 g/mol. The van der Waals surface area contributed by atoms with E-state index in [1.165, 1.54) is 11.1 Å². The minimum Gasteiger partial charge on any atom is -0.496 e. The van der Waals surface area contributed by atoms with E-state index in [2.05, 4.69) is 38.8 Å². The van der Waals surface area contributed by atoms with E-state index in [0.29, 0.717) is 4.83 Å². The Morgan fingerprint density at radius 2 is 2.12 bits per heavy atom. The van der Waals surface area contributed by atoms with Crippen LogP contribution in [0.3, 0.4) is 0 Å². The fourth-order valence-corrected chi connectivity index (χ4v) is 3.16. The highest BCUT2D eigenvalue weighted by Gasteiger charge is 2.11. The fraction of sp³-hybridized carbons (Fsp3) is 0.231. The van der Waals surface area contributed by atoms with Crippen molar-refractivity contribution < 1.29 is 4.74 Å². The maximum atomic E-state index is 5.35. The molecule has 1 aromatic heterocycles. The molecule has 0 spiro atoms. The number of methoxy groups -OCH3 is 1. The average molecular weight is 297 g/mol. The van der Waals surface area contributed by atoms with Gasteiger partial charge in [0, 0.05) is 4.83 Å². The van der Waals surface area contributed by atoms with Gasteiger partial charge in [-0.25, -0.2) is 0 Å². The summed E-state index contributed by atoms with van der Waals surface area (Å²) in [5.41, 5.74) is 2.56. The van der Waals surface area contributed by atoms with Crippen molar-refractivity contribution >= 4 is 27.3 Å². The molecule has 0 bridgehead atoms. The summed E-state index contributed by atoms with van der Waals surface area (Å²) in [5, 5.41) is 4.28. The van der Waals surface area contributed by atoms with E-state index in [0.717, 1.165) is 12.2 Å². The summed E-state index contributed by atoms with van der Waals surface area (Å²) in [5.74, 6) is 0.960. The molecule has 0 saturated heterocycles. The molecule has 1 atom stereocenters. The van der Waals surface area contributed by atoms with Crippen LogP contribution in [-0.2, 0) is 6.42 Å². The normalized spacial score (nSPS) is 12.4. The lowest BCUT2D eigenvalue weighted by Gasteiger charge is -2.11. The quantitative estimate of drug-likeness (QED) is 0.758. The molecule has 3 heteroatoms.